The van der Waals surface area contributed by atoms with Gasteiger partial charge in [0.05, 0.1) is 0 Å². The summed E-state index contributed by atoms with van der Waals surface area (Å²) in [6, 6.07) is 7.36. The van der Waals surface area contributed by atoms with Crippen LogP contribution in [0.15, 0.2) is 29.2 Å². The van der Waals surface area contributed by atoms with E-state index in [2.05, 4.69) is 10.2 Å². The summed E-state index contributed by atoms with van der Waals surface area (Å²) in [6.45, 7) is 4.01. The summed E-state index contributed by atoms with van der Waals surface area (Å²) in [7, 11) is 0. The van der Waals surface area contributed by atoms with E-state index in [1.54, 1.807) is 12.1 Å². The largest absolute Gasteiger partial charge is 0.446 e. The minimum absolute atomic E-state index is 0. The maximum absolute atomic E-state index is 12.4. The Morgan fingerprint density at radius 1 is 1.04 bits per heavy atom. The van der Waals surface area contributed by atoms with Crippen LogP contribution in [0.2, 0.25) is 0 Å². The molecule has 3 rings (SSSR count). The van der Waals surface area contributed by atoms with Crippen LogP contribution in [0.1, 0.15) is 30.9 Å². The van der Waals surface area contributed by atoms with Crippen molar-refractivity contribution in [2.75, 3.05) is 26.2 Å². The smallest absolute Gasteiger partial charge is 0.314 e. The zero-order valence-corrected chi connectivity index (χ0v) is 15.7. The van der Waals surface area contributed by atoms with E-state index in [4.69, 9.17) is 0 Å². The number of halogens is 5. The van der Waals surface area contributed by atoms with Crippen LogP contribution in [0.5, 0.6) is 0 Å². The van der Waals surface area contributed by atoms with Gasteiger partial charge in [-0.25, -0.2) is 0 Å². The molecule has 2 nitrogen and oxygen atoms in total. The van der Waals surface area contributed by atoms with Crippen molar-refractivity contribution in [2.24, 2.45) is 5.92 Å². The van der Waals surface area contributed by atoms with Crippen molar-refractivity contribution in [1.29, 1.82) is 0 Å². The topological polar surface area (TPSA) is 15.3 Å². The van der Waals surface area contributed by atoms with Gasteiger partial charge in [-0.2, -0.15) is 13.2 Å². The molecule has 0 unspecified atom stereocenters. The molecule has 0 aromatic heterocycles. The molecule has 1 atom stereocenters. The molecule has 2 fully saturated rings. The van der Waals surface area contributed by atoms with E-state index in [0.29, 0.717) is 12.0 Å². The average molecular weight is 403 g/mol. The summed E-state index contributed by atoms with van der Waals surface area (Å²) in [6.07, 6.45) is 3.73. The Balaban J connectivity index is 0.00000144. The fourth-order valence-corrected chi connectivity index (χ4v) is 3.90. The molecule has 0 spiro atoms. The van der Waals surface area contributed by atoms with Crippen LogP contribution in [0, 0.1) is 5.92 Å². The molecule has 1 aliphatic carbocycles. The monoisotopic (exact) mass is 402 g/mol. The van der Waals surface area contributed by atoms with Crippen molar-refractivity contribution in [1.82, 2.24) is 10.2 Å². The molecule has 1 saturated carbocycles. The number of thioether (sulfide) groups is 1. The quantitative estimate of drug-likeness (QED) is 0.721. The SMILES string of the molecule is Cl.Cl.FC(F)(F)Sc1ccc([C@H](C2CCC2)N2CCNCC2)cc1. The molecular formula is C16H23Cl2F3N2S. The first kappa shape index (κ1) is 21.9. The second kappa shape index (κ2) is 9.53. The Kier molecular flexibility index (Phi) is 8.70. The number of alkyl halides is 3. The molecule has 8 heteroatoms. The summed E-state index contributed by atoms with van der Waals surface area (Å²) in [5.41, 5.74) is -3.05. The minimum atomic E-state index is -4.21. The number of nitrogens with one attached hydrogen (secondary N) is 1. The van der Waals surface area contributed by atoms with Crippen LogP contribution in [-0.2, 0) is 0 Å². The lowest BCUT2D eigenvalue weighted by Gasteiger charge is -2.43. The molecule has 1 aromatic rings. The first-order chi connectivity index (χ1) is 10.5. The molecule has 1 heterocycles. The predicted octanol–water partition coefficient (Wildman–Crippen LogP) is 4.89. The van der Waals surface area contributed by atoms with Crippen molar-refractivity contribution >= 4 is 36.6 Å². The molecule has 1 aliphatic heterocycles. The summed E-state index contributed by atoms with van der Waals surface area (Å²) in [5, 5.41) is 3.36. The van der Waals surface area contributed by atoms with E-state index >= 15 is 0 Å². The Morgan fingerprint density at radius 2 is 1.62 bits per heavy atom. The molecule has 24 heavy (non-hydrogen) atoms. The second-order valence-corrected chi connectivity index (χ2v) is 7.18. The normalized spacial score (nSPS) is 20.5. The first-order valence-corrected chi connectivity index (χ1v) is 8.65. The second-order valence-electron chi connectivity index (χ2n) is 6.04. The molecule has 0 radical (unpaired) electrons. The number of hydrogen-bond donors (Lipinski definition) is 1. The highest BCUT2D eigenvalue weighted by Crippen LogP contribution is 2.42. The zero-order valence-electron chi connectivity index (χ0n) is 13.2. The van der Waals surface area contributed by atoms with Gasteiger partial charge in [-0.1, -0.05) is 18.6 Å². The van der Waals surface area contributed by atoms with Crippen LogP contribution < -0.4 is 5.32 Å². The molecule has 0 amide bonds. The van der Waals surface area contributed by atoms with Crippen LogP contribution >= 0.6 is 36.6 Å². The minimum Gasteiger partial charge on any atom is -0.314 e. The fourth-order valence-electron chi connectivity index (χ4n) is 3.36. The van der Waals surface area contributed by atoms with Gasteiger partial charge in [0.25, 0.3) is 0 Å². The van der Waals surface area contributed by atoms with E-state index in [1.165, 1.54) is 19.3 Å². The van der Waals surface area contributed by atoms with Gasteiger partial charge in [-0.15, -0.1) is 24.8 Å². The predicted molar refractivity (Wildman–Crippen MR) is 97.4 cm³/mol. The van der Waals surface area contributed by atoms with Crippen molar-refractivity contribution in [2.45, 2.75) is 35.7 Å². The molecule has 0 bridgehead atoms. The maximum atomic E-state index is 12.4. The molecule has 1 N–H and O–H groups in total. The standard InChI is InChI=1S/C16H21F3N2S.2ClH/c17-16(18,19)22-14-6-4-13(5-7-14)15(12-2-1-3-12)21-10-8-20-9-11-21;;/h4-7,12,15,20H,1-3,8-11H2;2*1H/t15-;;/m0../s1. The van der Waals surface area contributed by atoms with Gasteiger partial charge < -0.3 is 5.32 Å². The third-order valence-electron chi connectivity index (χ3n) is 4.60. The highest BCUT2D eigenvalue weighted by molar-refractivity contribution is 8.00. The Hall–Kier alpha value is -0.140. The molecule has 138 valence electrons. The summed E-state index contributed by atoms with van der Waals surface area (Å²) in [5.74, 6) is 0.652. The van der Waals surface area contributed by atoms with E-state index < -0.39 is 5.51 Å². The van der Waals surface area contributed by atoms with Crippen molar-refractivity contribution in [3.63, 3.8) is 0 Å². The van der Waals surface area contributed by atoms with Gasteiger partial charge in [-0.3, -0.25) is 4.90 Å². The van der Waals surface area contributed by atoms with Crippen LogP contribution in [-0.4, -0.2) is 36.6 Å². The number of nitrogens with zero attached hydrogens (tertiary/aromatic N) is 1. The van der Waals surface area contributed by atoms with Gasteiger partial charge in [0.1, 0.15) is 0 Å². The Bertz CT molecular complexity index is 489. The maximum Gasteiger partial charge on any atom is 0.446 e. The third kappa shape index (κ3) is 5.70. The van der Waals surface area contributed by atoms with Crippen LogP contribution in [0.25, 0.3) is 0 Å². The van der Waals surface area contributed by atoms with Gasteiger partial charge >= 0.3 is 5.51 Å². The highest BCUT2D eigenvalue weighted by Gasteiger charge is 2.34. The number of piperazine rings is 1. The van der Waals surface area contributed by atoms with Crippen molar-refractivity contribution in [3.8, 4) is 0 Å². The highest BCUT2D eigenvalue weighted by atomic mass is 35.5. The first-order valence-electron chi connectivity index (χ1n) is 7.83. The number of benzene rings is 1. The zero-order chi connectivity index (χ0) is 15.6. The summed E-state index contributed by atoms with van der Waals surface area (Å²) < 4.78 is 37.3. The molecule has 1 aromatic carbocycles. The fraction of sp³-hybridized carbons (Fsp3) is 0.625. The number of hydrogen-bond acceptors (Lipinski definition) is 3. The molecule has 2 aliphatic rings. The molecule has 1 saturated heterocycles. The Labute approximate surface area is 157 Å². The lowest BCUT2D eigenvalue weighted by molar-refractivity contribution is -0.0328. The summed E-state index contributed by atoms with van der Waals surface area (Å²) in [4.78, 5) is 2.76. The third-order valence-corrected chi connectivity index (χ3v) is 5.34. The average Bonchev–Trinajstić information content (AvgIpc) is 2.43. The van der Waals surface area contributed by atoms with Crippen molar-refractivity contribution in [3.05, 3.63) is 29.8 Å². The van der Waals surface area contributed by atoms with Gasteiger partial charge in [0, 0.05) is 37.1 Å². The van der Waals surface area contributed by atoms with E-state index in [9.17, 15) is 13.2 Å². The van der Waals surface area contributed by atoms with Crippen LogP contribution in [0.3, 0.4) is 0 Å². The lowest BCUT2D eigenvalue weighted by Crippen LogP contribution is -2.47. The van der Waals surface area contributed by atoms with E-state index in [-0.39, 0.29) is 41.5 Å². The Morgan fingerprint density at radius 3 is 2.08 bits per heavy atom. The number of rotatable bonds is 4. The van der Waals surface area contributed by atoms with Crippen molar-refractivity contribution < 1.29 is 13.2 Å². The van der Waals surface area contributed by atoms with E-state index in [0.717, 1.165) is 31.7 Å². The van der Waals surface area contributed by atoms with E-state index in [1.807, 2.05) is 12.1 Å². The van der Waals surface area contributed by atoms with Gasteiger partial charge in [0.15, 0.2) is 0 Å². The lowest BCUT2D eigenvalue weighted by atomic mass is 9.76. The summed E-state index contributed by atoms with van der Waals surface area (Å²) >= 11 is -0.0387. The van der Waals surface area contributed by atoms with Gasteiger partial charge in [-0.05, 0) is 48.2 Å². The molecular weight excluding hydrogens is 380 g/mol. The van der Waals surface area contributed by atoms with Crippen LogP contribution in [0.4, 0.5) is 13.2 Å². The van der Waals surface area contributed by atoms with Gasteiger partial charge in [0.2, 0.25) is 0 Å².